The Morgan fingerprint density at radius 1 is 1.24 bits per heavy atom. The van der Waals surface area contributed by atoms with E-state index in [1.165, 1.54) is 12.1 Å². The van der Waals surface area contributed by atoms with Crippen molar-refractivity contribution in [3.05, 3.63) is 45.6 Å². The van der Waals surface area contributed by atoms with Crippen LogP contribution in [0.2, 0.25) is 0 Å². The number of aryl methyl sites for hydroxylation is 1. The van der Waals surface area contributed by atoms with Crippen LogP contribution in [0.3, 0.4) is 0 Å². The van der Waals surface area contributed by atoms with Crippen LogP contribution in [-0.4, -0.2) is 10.1 Å². The smallest absolute Gasteiger partial charge is 0.269 e. The summed E-state index contributed by atoms with van der Waals surface area (Å²) in [5.41, 5.74) is 3.12. The Hall–Kier alpha value is -2.17. The minimum absolute atomic E-state index is 0.0879. The topological polar surface area (TPSA) is 69.2 Å². The van der Waals surface area contributed by atoms with Crippen molar-refractivity contribution in [3.8, 4) is 11.3 Å². The lowest BCUT2D eigenvalue weighted by atomic mass is 10.1. The lowest BCUT2D eigenvalue weighted by Crippen LogP contribution is -1.87. The van der Waals surface area contributed by atoms with Gasteiger partial charge in [0.2, 0.25) is 0 Å². The highest BCUT2D eigenvalue weighted by molar-refractivity contribution is 5.64. The molecule has 5 heteroatoms. The molecule has 0 amide bonds. The van der Waals surface area contributed by atoms with Crippen molar-refractivity contribution >= 4 is 5.69 Å². The zero-order chi connectivity index (χ0) is 11.8. The van der Waals surface area contributed by atoms with Crippen LogP contribution < -0.4 is 0 Å². The summed E-state index contributed by atoms with van der Waals surface area (Å²) in [6.07, 6.45) is 3.05. The molecule has 0 spiro atoms. The molecule has 3 rings (SSSR count). The number of hydrogen-bond donors (Lipinski definition) is 0. The van der Waals surface area contributed by atoms with E-state index in [9.17, 15) is 10.1 Å². The summed E-state index contributed by atoms with van der Waals surface area (Å²) in [6.45, 7) is 0. The maximum atomic E-state index is 10.6. The van der Waals surface area contributed by atoms with Crippen molar-refractivity contribution < 1.29 is 9.45 Å². The van der Waals surface area contributed by atoms with Crippen LogP contribution in [-0.2, 0) is 12.8 Å². The molecular formula is C12H10N2O3. The molecule has 5 nitrogen and oxygen atoms in total. The van der Waals surface area contributed by atoms with Crippen LogP contribution >= 0.6 is 0 Å². The molecule has 1 aliphatic carbocycles. The monoisotopic (exact) mass is 230 g/mol. The quantitative estimate of drug-likeness (QED) is 0.587. The second kappa shape index (κ2) is 3.69. The number of rotatable bonds is 2. The van der Waals surface area contributed by atoms with Gasteiger partial charge in [-0.2, -0.15) is 0 Å². The highest BCUT2D eigenvalue weighted by atomic mass is 16.6. The molecule has 0 N–H and O–H groups in total. The molecule has 86 valence electrons. The molecule has 0 bridgehead atoms. The molecule has 0 saturated carbocycles. The van der Waals surface area contributed by atoms with E-state index in [1.807, 2.05) is 0 Å². The number of non-ortho nitro benzene ring substituents is 1. The number of benzene rings is 1. The summed E-state index contributed by atoms with van der Waals surface area (Å²) < 4.78 is 5.30. The Labute approximate surface area is 97.2 Å². The fourth-order valence-electron chi connectivity index (χ4n) is 2.19. The molecule has 0 saturated heterocycles. The molecule has 0 fully saturated rings. The molecular weight excluding hydrogens is 220 g/mol. The summed E-state index contributed by atoms with van der Waals surface area (Å²) in [5, 5.41) is 14.6. The van der Waals surface area contributed by atoms with E-state index >= 15 is 0 Å². The van der Waals surface area contributed by atoms with Crippen LogP contribution in [0.25, 0.3) is 11.3 Å². The van der Waals surface area contributed by atoms with Crippen LogP contribution in [0.5, 0.6) is 0 Å². The van der Waals surface area contributed by atoms with Gasteiger partial charge < -0.3 is 4.52 Å². The molecule has 0 atom stereocenters. The molecule has 2 aromatic rings. The van der Waals surface area contributed by atoms with E-state index in [1.54, 1.807) is 12.1 Å². The zero-order valence-electron chi connectivity index (χ0n) is 9.05. The van der Waals surface area contributed by atoms with Crippen molar-refractivity contribution in [3.63, 3.8) is 0 Å². The number of aromatic nitrogens is 1. The van der Waals surface area contributed by atoms with Gasteiger partial charge >= 0.3 is 0 Å². The summed E-state index contributed by atoms with van der Waals surface area (Å²) in [5.74, 6) is 0.757. The van der Waals surface area contributed by atoms with Crippen LogP contribution in [0, 0.1) is 10.1 Å². The van der Waals surface area contributed by atoms with E-state index < -0.39 is 4.92 Å². The minimum atomic E-state index is -0.408. The van der Waals surface area contributed by atoms with Crippen LogP contribution in [0.4, 0.5) is 5.69 Å². The van der Waals surface area contributed by atoms with Crippen molar-refractivity contribution in [2.24, 2.45) is 0 Å². The molecule has 17 heavy (non-hydrogen) atoms. The predicted octanol–water partition coefficient (Wildman–Crippen LogP) is 2.74. The fourth-order valence-corrected chi connectivity index (χ4v) is 2.19. The van der Waals surface area contributed by atoms with Gasteiger partial charge in [0, 0.05) is 23.3 Å². The second-order valence-electron chi connectivity index (χ2n) is 4.09. The Morgan fingerprint density at radius 2 is 2.00 bits per heavy atom. The van der Waals surface area contributed by atoms with Gasteiger partial charge in [-0.3, -0.25) is 10.1 Å². The van der Waals surface area contributed by atoms with Crippen molar-refractivity contribution in [1.29, 1.82) is 0 Å². The Balaban J connectivity index is 2.01. The third-order valence-corrected chi connectivity index (χ3v) is 3.05. The molecule has 0 unspecified atom stereocenters. The first-order valence-corrected chi connectivity index (χ1v) is 5.48. The van der Waals surface area contributed by atoms with Crippen LogP contribution in [0.1, 0.15) is 17.7 Å². The predicted molar refractivity (Wildman–Crippen MR) is 60.6 cm³/mol. The maximum Gasteiger partial charge on any atom is 0.269 e. The first-order chi connectivity index (χ1) is 8.25. The highest BCUT2D eigenvalue weighted by Gasteiger charge is 2.22. The second-order valence-corrected chi connectivity index (χ2v) is 4.09. The first kappa shape index (κ1) is 10.0. The van der Waals surface area contributed by atoms with Gasteiger partial charge in [-0.05, 0) is 31.4 Å². The Kier molecular flexibility index (Phi) is 2.18. The summed E-state index contributed by atoms with van der Waals surface area (Å²) in [4.78, 5) is 10.1. The average molecular weight is 230 g/mol. The first-order valence-electron chi connectivity index (χ1n) is 5.48. The summed E-state index contributed by atoms with van der Waals surface area (Å²) in [6, 6.07) is 6.38. The standard InChI is InChI=1S/C12H10N2O3/c15-14(16)9-6-4-8(5-7-9)12-10-2-1-3-11(10)13-17-12/h4-7H,1-3H2. The van der Waals surface area contributed by atoms with Gasteiger partial charge in [0.05, 0.1) is 10.6 Å². The average Bonchev–Trinajstić information content (AvgIpc) is 2.90. The van der Waals surface area contributed by atoms with Gasteiger partial charge in [-0.1, -0.05) is 5.16 Å². The number of nitro groups is 1. The molecule has 0 radical (unpaired) electrons. The van der Waals surface area contributed by atoms with E-state index in [2.05, 4.69) is 5.16 Å². The lowest BCUT2D eigenvalue weighted by Gasteiger charge is -1.98. The van der Waals surface area contributed by atoms with E-state index in [0.717, 1.165) is 41.8 Å². The van der Waals surface area contributed by atoms with Gasteiger partial charge in [-0.15, -0.1) is 0 Å². The van der Waals surface area contributed by atoms with Crippen LogP contribution in [0.15, 0.2) is 28.8 Å². The number of nitro benzene ring substituents is 1. The van der Waals surface area contributed by atoms with Crippen molar-refractivity contribution in [1.82, 2.24) is 5.16 Å². The minimum Gasteiger partial charge on any atom is -0.356 e. The van der Waals surface area contributed by atoms with Gasteiger partial charge in [0.1, 0.15) is 0 Å². The highest BCUT2D eigenvalue weighted by Crippen LogP contribution is 2.32. The van der Waals surface area contributed by atoms with Gasteiger partial charge in [0.25, 0.3) is 5.69 Å². The number of hydrogen-bond acceptors (Lipinski definition) is 4. The van der Waals surface area contributed by atoms with Gasteiger partial charge in [-0.25, -0.2) is 0 Å². The van der Waals surface area contributed by atoms with Crippen molar-refractivity contribution in [2.75, 3.05) is 0 Å². The number of nitrogens with zero attached hydrogens (tertiary/aromatic N) is 2. The molecule has 0 aliphatic heterocycles. The Morgan fingerprint density at radius 3 is 2.71 bits per heavy atom. The van der Waals surface area contributed by atoms with Gasteiger partial charge in [0.15, 0.2) is 5.76 Å². The molecule has 1 aromatic carbocycles. The third-order valence-electron chi connectivity index (χ3n) is 3.05. The largest absolute Gasteiger partial charge is 0.356 e. The van der Waals surface area contributed by atoms with E-state index in [-0.39, 0.29) is 5.69 Å². The summed E-state index contributed by atoms with van der Waals surface area (Å²) in [7, 11) is 0. The van der Waals surface area contributed by atoms with Crippen molar-refractivity contribution in [2.45, 2.75) is 19.3 Å². The SMILES string of the molecule is O=[N+]([O-])c1ccc(-c2onc3c2CCC3)cc1. The normalized spacial score (nSPS) is 13.6. The number of fused-ring (bicyclic) bond motifs is 1. The molecule has 1 aromatic heterocycles. The van der Waals surface area contributed by atoms with E-state index in [4.69, 9.17) is 4.52 Å². The fraction of sp³-hybridized carbons (Fsp3) is 0.250. The third kappa shape index (κ3) is 1.60. The maximum absolute atomic E-state index is 10.6. The summed E-state index contributed by atoms with van der Waals surface area (Å²) >= 11 is 0. The zero-order valence-corrected chi connectivity index (χ0v) is 9.05. The molecule has 1 aliphatic rings. The van der Waals surface area contributed by atoms with E-state index in [0.29, 0.717) is 0 Å². The molecule has 1 heterocycles. The lowest BCUT2D eigenvalue weighted by molar-refractivity contribution is -0.384. The Bertz CT molecular complexity index is 572.